The Balaban J connectivity index is 1.48. The molecule has 0 fully saturated rings. The molecule has 0 radical (unpaired) electrons. The predicted octanol–water partition coefficient (Wildman–Crippen LogP) is 8.35. The third-order valence-electron chi connectivity index (χ3n) is 8.27. The Bertz CT molecular complexity index is 2610. The third-order valence-corrected chi connectivity index (χ3v) is 9.09. The van der Waals surface area contributed by atoms with Crippen LogP contribution in [-0.4, -0.2) is 24.3 Å². The summed E-state index contributed by atoms with van der Waals surface area (Å²) in [5, 5.41) is 11.6. The lowest BCUT2D eigenvalue weighted by molar-refractivity contribution is 0.932. The van der Waals surface area contributed by atoms with Gasteiger partial charge in [-0.2, -0.15) is 0 Å². The molecule has 0 aliphatic carbocycles. The Morgan fingerprint density at radius 3 is 1.96 bits per heavy atom. The standard InChI is InChI=1S/C40H27N5O2S/c1-26-42-43-40(48-26)45-37(29-17-9-4-10-18-29)36(28-15-7-3-8-16-28)33-25-30(22-23-31(33)38(45)46)44-35(24-21-27-13-5-2-6-14-27)41-34-20-12-11-19-32(34)39(44)47/h2-25H,1H3/b24-21+. The van der Waals surface area contributed by atoms with Crippen molar-refractivity contribution >= 4 is 45.2 Å². The number of hydrogen-bond donors (Lipinski definition) is 0. The fourth-order valence-corrected chi connectivity index (χ4v) is 6.79. The fraction of sp³-hybridized carbons (Fsp3) is 0.0250. The second kappa shape index (κ2) is 12.2. The first kappa shape index (κ1) is 29.2. The highest BCUT2D eigenvalue weighted by Crippen LogP contribution is 2.39. The number of aryl methyl sites for hydroxylation is 1. The molecule has 230 valence electrons. The molecule has 5 aromatic carbocycles. The summed E-state index contributed by atoms with van der Waals surface area (Å²) in [4.78, 5) is 33.7. The van der Waals surface area contributed by atoms with E-state index in [1.54, 1.807) is 21.3 Å². The normalized spacial score (nSPS) is 11.5. The topological polar surface area (TPSA) is 82.7 Å². The van der Waals surface area contributed by atoms with Gasteiger partial charge >= 0.3 is 0 Å². The molecular formula is C40H27N5O2S. The molecule has 0 N–H and O–H groups in total. The van der Waals surface area contributed by atoms with Crippen LogP contribution in [0.2, 0.25) is 0 Å². The summed E-state index contributed by atoms with van der Waals surface area (Å²) in [5.74, 6) is 0.476. The lowest BCUT2D eigenvalue weighted by Gasteiger charge is -2.20. The molecule has 0 unspecified atom stereocenters. The Morgan fingerprint density at radius 2 is 1.25 bits per heavy atom. The summed E-state index contributed by atoms with van der Waals surface area (Å²) in [6, 6.07) is 42.6. The largest absolute Gasteiger partial charge is 0.268 e. The average molecular weight is 642 g/mol. The summed E-state index contributed by atoms with van der Waals surface area (Å²) in [6.45, 7) is 1.87. The molecule has 0 aliphatic rings. The van der Waals surface area contributed by atoms with Crippen molar-refractivity contribution in [2.75, 3.05) is 0 Å². The van der Waals surface area contributed by atoms with Gasteiger partial charge in [0.1, 0.15) is 10.8 Å². The minimum atomic E-state index is -0.223. The quantitative estimate of drug-likeness (QED) is 0.182. The van der Waals surface area contributed by atoms with Crippen LogP contribution in [0, 0.1) is 6.92 Å². The van der Waals surface area contributed by atoms with E-state index in [9.17, 15) is 9.59 Å². The van der Waals surface area contributed by atoms with E-state index in [4.69, 9.17) is 4.98 Å². The Labute approximate surface area is 279 Å². The summed E-state index contributed by atoms with van der Waals surface area (Å²) in [5.41, 5.74) is 5.07. The highest BCUT2D eigenvalue weighted by atomic mass is 32.1. The zero-order valence-electron chi connectivity index (χ0n) is 25.8. The molecule has 8 aromatic rings. The van der Waals surface area contributed by atoms with E-state index in [2.05, 4.69) is 10.2 Å². The first-order valence-corrected chi connectivity index (χ1v) is 16.3. The summed E-state index contributed by atoms with van der Waals surface area (Å²) in [7, 11) is 0. The molecule has 0 saturated heterocycles. The summed E-state index contributed by atoms with van der Waals surface area (Å²) < 4.78 is 3.29. The molecule has 0 aliphatic heterocycles. The van der Waals surface area contributed by atoms with Gasteiger partial charge in [-0.25, -0.2) is 9.55 Å². The zero-order valence-corrected chi connectivity index (χ0v) is 26.6. The van der Waals surface area contributed by atoms with Gasteiger partial charge in [-0.1, -0.05) is 121 Å². The number of benzene rings is 5. The van der Waals surface area contributed by atoms with E-state index in [0.29, 0.717) is 44.0 Å². The predicted molar refractivity (Wildman–Crippen MR) is 195 cm³/mol. The molecule has 0 atom stereocenters. The molecular weight excluding hydrogens is 615 g/mol. The van der Waals surface area contributed by atoms with E-state index in [1.165, 1.54) is 11.3 Å². The Morgan fingerprint density at radius 1 is 0.604 bits per heavy atom. The number of pyridine rings is 1. The Hall–Kier alpha value is -6.25. The van der Waals surface area contributed by atoms with Gasteiger partial charge in [0.15, 0.2) is 0 Å². The molecule has 0 saturated carbocycles. The van der Waals surface area contributed by atoms with E-state index in [-0.39, 0.29) is 11.1 Å². The van der Waals surface area contributed by atoms with Crippen LogP contribution in [0.3, 0.4) is 0 Å². The van der Waals surface area contributed by atoms with Crippen LogP contribution in [0.4, 0.5) is 0 Å². The van der Waals surface area contributed by atoms with Crippen LogP contribution in [0.15, 0.2) is 143 Å². The molecule has 48 heavy (non-hydrogen) atoms. The molecule has 8 heteroatoms. The van der Waals surface area contributed by atoms with Crippen molar-refractivity contribution in [2.24, 2.45) is 0 Å². The molecule has 3 aromatic heterocycles. The number of aromatic nitrogens is 5. The van der Waals surface area contributed by atoms with Gasteiger partial charge in [-0.05, 0) is 65.4 Å². The number of fused-ring (bicyclic) bond motifs is 2. The van der Waals surface area contributed by atoms with Gasteiger partial charge in [0.05, 0.1) is 22.3 Å². The van der Waals surface area contributed by atoms with Crippen molar-refractivity contribution < 1.29 is 0 Å². The number of nitrogens with zero attached hydrogens (tertiary/aromatic N) is 5. The minimum Gasteiger partial charge on any atom is -0.268 e. The van der Waals surface area contributed by atoms with E-state index in [1.807, 2.05) is 140 Å². The lowest BCUT2D eigenvalue weighted by Crippen LogP contribution is -2.24. The zero-order chi connectivity index (χ0) is 32.6. The maximum atomic E-state index is 14.5. The molecule has 0 spiro atoms. The SMILES string of the molecule is Cc1nnc(-n2c(-c3ccccc3)c(-c3ccccc3)c3cc(-n4c(/C=C/c5ccccc5)nc5ccccc5c4=O)ccc3c2=O)s1. The van der Waals surface area contributed by atoms with Crippen LogP contribution < -0.4 is 11.1 Å². The highest BCUT2D eigenvalue weighted by Gasteiger charge is 2.23. The first-order chi connectivity index (χ1) is 23.6. The van der Waals surface area contributed by atoms with Crippen molar-refractivity contribution in [2.45, 2.75) is 6.92 Å². The van der Waals surface area contributed by atoms with Crippen molar-refractivity contribution in [3.05, 3.63) is 171 Å². The van der Waals surface area contributed by atoms with E-state index in [0.717, 1.165) is 27.3 Å². The second-order valence-electron chi connectivity index (χ2n) is 11.3. The van der Waals surface area contributed by atoms with Gasteiger partial charge in [-0.3, -0.25) is 14.2 Å². The van der Waals surface area contributed by atoms with Gasteiger partial charge in [0.25, 0.3) is 11.1 Å². The van der Waals surface area contributed by atoms with E-state index >= 15 is 0 Å². The Kier molecular flexibility index (Phi) is 7.39. The van der Waals surface area contributed by atoms with Crippen molar-refractivity contribution in [1.82, 2.24) is 24.3 Å². The summed E-state index contributed by atoms with van der Waals surface area (Å²) in [6.07, 6.45) is 3.80. The lowest BCUT2D eigenvalue weighted by atomic mass is 9.93. The molecule has 0 amide bonds. The van der Waals surface area contributed by atoms with Crippen molar-refractivity contribution in [1.29, 1.82) is 0 Å². The average Bonchev–Trinajstić information content (AvgIpc) is 3.57. The minimum absolute atomic E-state index is 0.199. The molecule has 8 rings (SSSR count). The van der Waals surface area contributed by atoms with Crippen LogP contribution in [0.5, 0.6) is 0 Å². The van der Waals surface area contributed by atoms with E-state index < -0.39 is 0 Å². The van der Waals surface area contributed by atoms with Crippen LogP contribution in [0.1, 0.15) is 16.4 Å². The van der Waals surface area contributed by atoms with Gasteiger partial charge in [-0.15, -0.1) is 10.2 Å². The summed E-state index contributed by atoms with van der Waals surface area (Å²) >= 11 is 1.36. The number of rotatable bonds is 6. The van der Waals surface area contributed by atoms with Gasteiger partial charge in [0, 0.05) is 10.9 Å². The van der Waals surface area contributed by atoms with Gasteiger partial charge in [0.2, 0.25) is 5.13 Å². The second-order valence-corrected chi connectivity index (χ2v) is 12.5. The molecule has 0 bridgehead atoms. The third kappa shape index (κ3) is 5.14. The monoisotopic (exact) mass is 641 g/mol. The number of hydrogen-bond acceptors (Lipinski definition) is 6. The molecule has 3 heterocycles. The smallest absolute Gasteiger partial charge is 0.266 e. The fourth-order valence-electron chi connectivity index (χ4n) is 6.10. The first-order valence-electron chi connectivity index (χ1n) is 15.5. The maximum absolute atomic E-state index is 14.5. The highest BCUT2D eigenvalue weighted by molar-refractivity contribution is 7.13. The van der Waals surface area contributed by atoms with Crippen LogP contribution >= 0.6 is 11.3 Å². The molecule has 7 nitrogen and oxygen atoms in total. The number of para-hydroxylation sites is 1. The van der Waals surface area contributed by atoms with Crippen molar-refractivity contribution in [3.63, 3.8) is 0 Å². The van der Waals surface area contributed by atoms with Crippen LogP contribution in [0.25, 0.3) is 67.0 Å². The van der Waals surface area contributed by atoms with Crippen LogP contribution in [-0.2, 0) is 0 Å². The van der Waals surface area contributed by atoms with Crippen molar-refractivity contribution in [3.8, 4) is 33.2 Å². The maximum Gasteiger partial charge on any atom is 0.266 e. The van der Waals surface area contributed by atoms with Gasteiger partial charge < -0.3 is 0 Å².